The average Bonchev–Trinajstić information content (AvgIpc) is 2.67. The predicted molar refractivity (Wildman–Crippen MR) is 99.5 cm³/mol. The van der Waals surface area contributed by atoms with E-state index in [1.165, 1.54) is 0 Å². The second kappa shape index (κ2) is 7.70. The summed E-state index contributed by atoms with van der Waals surface area (Å²) in [5, 5.41) is 14.0. The number of ether oxygens (including phenoxy) is 1. The van der Waals surface area contributed by atoms with Crippen molar-refractivity contribution in [1.82, 2.24) is 5.32 Å². The number of fused-ring (bicyclic) bond motifs is 1. The molecule has 2 N–H and O–H groups in total. The highest BCUT2D eigenvalue weighted by molar-refractivity contribution is 6.00. The number of hydrogen-bond donors (Lipinski definition) is 2. The predicted octanol–water partition coefficient (Wildman–Crippen LogP) is 3.27. The van der Waals surface area contributed by atoms with E-state index in [0.717, 1.165) is 16.3 Å². The number of hydrogen-bond acceptors (Lipinski definition) is 3. The maximum atomic E-state index is 12.5. The third-order valence-corrected chi connectivity index (χ3v) is 4.21. The van der Waals surface area contributed by atoms with Crippen LogP contribution in [0.2, 0.25) is 0 Å². The molecule has 26 heavy (non-hydrogen) atoms. The van der Waals surface area contributed by atoms with Gasteiger partial charge in [0.15, 0.2) is 0 Å². The van der Waals surface area contributed by atoms with Gasteiger partial charge in [-0.25, -0.2) is 4.79 Å². The number of amides is 1. The van der Waals surface area contributed by atoms with Crippen molar-refractivity contribution in [2.75, 3.05) is 7.11 Å². The van der Waals surface area contributed by atoms with E-state index < -0.39 is 17.9 Å². The smallest absolute Gasteiger partial charge is 0.326 e. The molecule has 1 amide bonds. The minimum atomic E-state index is -1.07. The van der Waals surface area contributed by atoms with Crippen molar-refractivity contribution < 1.29 is 19.4 Å². The molecular formula is C21H19NO4. The molecule has 0 heterocycles. The molecule has 0 aliphatic heterocycles. The van der Waals surface area contributed by atoms with Gasteiger partial charge in [-0.3, -0.25) is 4.79 Å². The van der Waals surface area contributed by atoms with Crippen LogP contribution in [0, 0.1) is 0 Å². The van der Waals surface area contributed by atoms with Crippen LogP contribution in [0.5, 0.6) is 5.75 Å². The fourth-order valence-electron chi connectivity index (χ4n) is 2.77. The Balaban J connectivity index is 1.75. The first-order valence-corrected chi connectivity index (χ1v) is 8.22. The van der Waals surface area contributed by atoms with Gasteiger partial charge in [0.2, 0.25) is 0 Å². The van der Waals surface area contributed by atoms with E-state index in [4.69, 9.17) is 4.74 Å². The van der Waals surface area contributed by atoms with Gasteiger partial charge in [-0.2, -0.15) is 0 Å². The number of carbonyl (C=O) groups excluding carboxylic acids is 1. The fraction of sp³-hybridized carbons (Fsp3) is 0.143. The van der Waals surface area contributed by atoms with E-state index in [9.17, 15) is 14.7 Å². The fourth-order valence-corrected chi connectivity index (χ4v) is 2.77. The lowest BCUT2D eigenvalue weighted by molar-refractivity contribution is -0.139. The molecule has 0 saturated carbocycles. The van der Waals surface area contributed by atoms with Gasteiger partial charge in [0.05, 0.1) is 7.11 Å². The van der Waals surface area contributed by atoms with Crippen LogP contribution in [0.4, 0.5) is 0 Å². The van der Waals surface area contributed by atoms with Gasteiger partial charge in [0.1, 0.15) is 11.8 Å². The largest absolute Gasteiger partial charge is 0.497 e. The van der Waals surface area contributed by atoms with Gasteiger partial charge in [-0.05, 0) is 40.6 Å². The first-order valence-electron chi connectivity index (χ1n) is 8.22. The molecule has 0 aliphatic rings. The minimum absolute atomic E-state index is 0.193. The molecule has 0 bridgehead atoms. The molecule has 0 aliphatic carbocycles. The maximum Gasteiger partial charge on any atom is 0.326 e. The van der Waals surface area contributed by atoms with Crippen molar-refractivity contribution in [3.63, 3.8) is 0 Å². The lowest BCUT2D eigenvalue weighted by Gasteiger charge is -2.15. The van der Waals surface area contributed by atoms with Crippen LogP contribution in [0.25, 0.3) is 10.8 Å². The van der Waals surface area contributed by atoms with Crippen molar-refractivity contribution in [3.8, 4) is 5.75 Å². The molecule has 3 aromatic carbocycles. The highest BCUT2D eigenvalue weighted by atomic mass is 16.5. The van der Waals surface area contributed by atoms with Gasteiger partial charge in [-0.1, -0.05) is 42.5 Å². The van der Waals surface area contributed by atoms with E-state index in [1.807, 2.05) is 30.3 Å². The van der Waals surface area contributed by atoms with Crippen LogP contribution >= 0.6 is 0 Å². The SMILES string of the molecule is COc1ccc(C[C@H](NC(=O)c2ccc3ccccc3c2)C(=O)O)cc1. The molecule has 0 radical (unpaired) electrons. The molecule has 0 spiro atoms. The van der Waals surface area contributed by atoms with Crippen molar-refractivity contribution in [3.05, 3.63) is 77.9 Å². The Hall–Kier alpha value is -3.34. The summed E-state index contributed by atoms with van der Waals surface area (Å²) in [6.07, 6.45) is 0.193. The van der Waals surface area contributed by atoms with Crippen LogP contribution < -0.4 is 10.1 Å². The summed E-state index contributed by atoms with van der Waals surface area (Å²) in [5.41, 5.74) is 1.24. The van der Waals surface area contributed by atoms with Gasteiger partial charge >= 0.3 is 5.97 Å². The number of rotatable bonds is 6. The monoisotopic (exact) mass is 349 g/mol. The highest BCUT2D eigenvalue weighted by Gasteiger charge is 2.21. The Kier molecular flexibility index (Phi) is 5.17. The van der Waals surface area contributed by atoms with E-state index in [-0.39, 0.29) is 6.42 Å². The van der Waals surface area contributed by atoms with Crippen molar-refractivity contribution in [2.24, 2.45) is 0 Å². The first-order chi connectivity index (χ1) is 12.6. The van der Waals surface area contributed by atoms with Crippen molar-refractivity contribution in [1.29, 1.82) is 0 Å². The number of carboxylic acids is 1. The van der Waals surface area contributed by atoms with Crippen LogP contribution in [0.3, 0.4) is 0 Å². The topological polar surface area (TPSA) is 75.6 Å². The lowest BCUT2D eigenvalue weighted by Crippen LogP contribution is -2.42. The second-order valence-corrected chi connectivity index (χ2v) is 5.98. The molecule has 0 unspecified atom stereocenters. The molecule has 0 fully saturated rings. The molecule has 0 aromatic heterocycles. The average molecular weight is 349 g/mol. The number of aliphatic carboxylic acids is 1. The molecule has 5 nitrogen and oxygen atoms in total. The van der Waals surface area contributed by atoms with E-state index >= 15 is 0 Å². The zero-order chi connectivity index (χ0) is 18.5. The van der Waals surface area contributed by atoms with Gasteiger partial charge < -0.3 is 15.2 Å². The number of carboxylic acid groups (broad SMARTS) is 1. The normalized spacial score (nSPS) is 11.7. The maximum absolute atomic E-state index is 12.5. The van der Waals surface area contributed by atoms with Crippen molar-refractivity contribution in [2.45, 2.75) is 12.5 Å². The molecule has 0 saturated heterocycles. The number of nitrogens with one attached hydrogen (secondary N) is 1. The van der Waals surface area contributed by atoms with Crippen LogP contribution in [-0.4, -0.2) is 30.1 Å². The van der Waals surface area contributed by atoms with E-state index in [1.54, 1.807) is 43.5 Å². The third-order valence-electron chi connectivity index (χ3n) is 4.21. The summed E-state index contributed by atoms with van der Waals surface area (Å²) in [5.74, 6) is -0.785. The Morgan fingerprint density at radius 2 is 1.69 bits per heavy atom. The number of methoxy groups -OCH3 is 1. The summed E-state index contributed by atoms with van der Waals surface area (Å²) >= 11 is 0. The van der Waals surface area contributed by atoms with Crippen LogP contribution in [0.1, 0.15) is 15.9 Å². The zero-order valence-corrected chi connectivity index (χ0v) is 14.3. The number of benzene rings is 3. The Labute approximate surface area is 151 Å². The molecule has 132 valence electrons. The van der Waals surface area contributed by atoms with E-state index in [0.29, 0.717) is 11.3 Å². The lowest BCUT2D eigenvalue weighted by atomic mass is 10.0. The molecule has 1 atom stereocenters. The Morgan fingerprint density at radius 1 is 1.00 bits per heavy atom. The van der Waals surface area contributed by atoms with Crippen molar-refractivity contribution >= 4 is 22.6 Å². The highest BCUT2D eigenvalue weighted by Crippen LogP contribution is 2.16. The van der Waals surface area contributed by atoms with Gasteiger partial charge in [-0.15, -0.1) is 0 Å². The zero-order valence-electron chi connectivity index (χ0n) is 14.3. The summed E-state index contributed by atoms with van der Waals surface area (Å²) in [4.78, 5) is 24.1. The Bertz CT molecular complexity index is 934. The van der Waals surface area contributed by atoms with E-state index in [2.05, 4.69) is 5.32 Å². The molecular weight excluding hydrogens is 330 g/mol. The minimum Gasteiger partial charge on any atom is -0.497 e. The summed E-state index contributed by atoms with van der Waals surface area (Å²) in [7, 11) is 1.57. The standard InChI is InChI=1S/C21H19NO4/c1-26-18-10-6-14(7-11-18)12-19(21(24)25)22-20(23)17-9-8-15-4-2-3-5-16(15)13-17/h2-11,13,19H,12H2,1H3,(H,22,23)(H,24,25)/t19-/m0/s1. The quantitative estimate of drug-likeness (QED) is 0.716. The summed E-state index contributed by atoms with van der Waals surface area (Å²) < 4.78 is 5.09. The molecule has 5 heteroatoms. The summed E-state index contributed by atoms with van der Waals surface area (Å²) in [6, 6.07) is 19.1. The van der Waals surface area contributed by atoms with Crippen LogP contribution in [-0.2, 0) is 11.2 Å². The van der Waals surface area contributed by atoms with Gasteiger partial charge in [0.25, 0.3) is 5.91 Å². The molecule has 3 aromatic rings. The molecule has 3 rings (SSSR count). The number of carbonyl (C=O) groups is 2. The summed E-state index contributed by atoms with van der Waals surface area (Å²) in [6.45, 7) is 0. The second-order valence-electron chi connectivity index (χ2n) is 5.98. The van der Waals surface area contributed by atoms with Crippen LogP contribution in [0.15, 0.2) is 66.7 Å². The van der Waals surface area contributed by atoms with Gasteiger partial charge in [0, 0.05) is 12.0 Å². The third kappa shape index (κ3) is 4.00. The Morgan fingerprint density at radius 3 is 2.35 bits per heavy atom. The first kappa shape index (κ1) is 17.5.